The maximum Gasteiger partial charge on any atom is 0.255 e. The third kappa shape index (κ3) is 2.49. The van der Waals surface area contributed by atoms with Crippen molar-refractivity contribution in [2.75, 3.05) is 13.2 Å². The molecule has 0 fully saturated rings. The molecule has 1 aliphatic heterocycles. The number of aryl methyl sites for hydroxylation is 1. The minimum Gasteiger partial charge on any atom is -0.491 e. The average molecular weight is 339 g/mol. The number of nitrogens with one attached hydrogen (secondary N) is 1. The summed E-state index contributed by atoms with van der Waals surface area (Å²) in [6.45, 7) is 2.96. The van der Waals surface area contributed by atoms with Crippen LogP contribution in [0.2, 0.25) is 5.02 Å². The van der Waals surface area contributed by atoms with Crippen LogP contribution in [0.15, 0.2) is 42.6 Å². The quantitative estimate of drug-likeness (QED) is 0.730. The van der Waals surface area contributed by atoms with Crippen molar-refractivity contribution in [2.24, 2.45) is 0 Å². The van der Waals surface area contributed by atoms with Gasteiger partial charge in [0, 0.05) is 16.6 Å². The Balaban J connectivity index is 1.92. The van der Waals surface area contributed by atoms with Gasteiger partial charge in [-0.2, -0.15) is 0 Å². The minimum atomic E-state index is -0.109. The summed E-state index contributed by atoms with van der Waals surface area (Å²) in [6, 6.07) is 11.5. The Kier molecular flexibility index (Phi) is 3.62. The molecule has 2 heterocycles. The predicted octanol–water partition coefficient (Wildman–Crippen LogP) is 3.99. The number of benzene rings is 2. The molecule has 120 valence electrons. The second kappa shape index (κ2) is 5.80. The van der Waals surface area contributed by atoms with E-state index in [0.717, 1.165) is 27.6 Å². The summed E-state index contributed by atoms with van der Waals surface area (Å²) in [4.78, 5) is 16.6. The number of halogens is 1. The Hall–Kier alpha value is -2.59. The normalized spacial score (nSPS) is 13.8. The number of rotatable bonds is 1. The van der Waals surface area contributed by atoms with Gasteiger partial charge in [-0.1, -0.05) is 17.7 Å². The highest BCUT2D eigenvalue weighted by molar-refractivity contribution is 6.32. The van der Waals surface area contributed by atoms with Gasteiger partial charge in [-0.05, 0) is 53.9 Å². The van der Waals surface area contributed by atoms with E-state index in [0.29, 0.717) is 29.5 Å². The van der Waals surface area contributed by atoms with Crippen molar-refractivity contribution in [2.45, 2.75) is 6.92 Å². The molecular weight excluding hydrogens is 324 g/mol. The van der Waals surface area contributed by atoms with Crippen molar-refractivity contribution in [1.82, 2.24) is 10.3 Å². The van der Waals surface area contributed by atoms with E-state index in [-0.39, 0.29) is 5.91 Å². The zero-order valence-corrected chi connectivity index (χ0v) is 13.9. The summed E-state index contributed by atoms with van der Waals surface area (Å²) in [6.07, 6.45) is 1.76. The lowest BCUT2D eigenvalue weighted by Crippen LogP contribution is -2.24. The summed E-state index contributed by atoms with van der Waals surface area (Å²) < 4.78 is 5.62. The van der Waals surface area contributed by atoms with Crippen LogP contribution >= 0.6 is 11.6 Å². The van der Waals surface area contributed by atoms with Gasteiger partial charge < -0.3 is 10.1 Å². The Morgan fingerprint density at radius 2 is 2.04 bits per heavy atom. The minimum absolute atomic E-state index is 0.109. The Bertz CT molecular complexity index is 969. The van der Waals surface area contributed by atoms with Crippen LogP contribution in [0.4, 0.5) is 0 Å². The topological polar surface area (TPSA) is 51.2 Å². The summed E-state index contributed by atoms with van der Waals surface area (Å²) in [5.41, 5.74) is 4.34. The first-order valence-electron chi connectivity index (χ1n) is 7.74. The van der Waals surface area contributed by atoms with Gasteiger partial charge in [0.25, 0.3) is 5.91 Å². The lowest BCUT2D eigenvalue weighted by atomic mass is 9.98. The number of hydrogen-bond acceptors (Lipinski definition) is 3. The van der Waals surface area contributed by atoms with Crippen LogP contribution in [0, 0.1) is 6.92 Å². The van der Waals surface area contributed by atoms with E-state index in [2.05, 4.69) is 10.3 Å². The Morgan fingerprint density at radius 3 is 2.92 bits per heavy atom. The molecule has 5 heteroatoms. The standard InChI is InChI=1S/C19H15ClN2O2/c1-11-8-14-13(4-5-21-17(14)10-16(11)20)12-2-3-18-15(9-12)19(23)22-6-7-24-18/h2-5,8-10H,6-7H2,1H3,(H,22,23). The van der Waals surface area contributed by atoms with E-state index in [1.54, 1.807) is 6.20 Å². The van der Waals surface area contributed by atoms with Gasteiger partial charge >= 0.3 is 0 Å². The Labute approximate surface area is 144 Å². The number of aromatic nitrogens is 1. The predicted molar refractivity (Wildman–Crippen MR) is 94.8 cm³/mol. The molecular formula is C19H15ClN2O2. The molecule has 0 saturated heterocycles. The van der Waals surface area contributed by atoms with Crippen LogP contribution in [-0.2, 0) is 0 Å². The summed E-state index contributed by atoms with van der Waals surface area (Å²) in [7, 11) is 0. The number of ether oxygens (including phenoxy) is 1. The van der Waals surface area contributed by atoms with Crippen molar-refractivity contribution in [3.8, 4) is 16.9 Å². The van der Waals surface area contributed by atoms with Gasteiger partial charge in [0.05, 0.1) is 17.6 Å². The number of hydrogen-bond donors (Lipinski definition) is 1. The number of nitrogens with zero attached hydrogens (tertiary/aromatic N) is 1. The van der Waals surface area contributed by atoms with Crippen molar-refractivity contribution in [3.05, 3.63) is 58.7 Å². The zero-order chi connectivity index (χ0) is 16.7. The first-order chi connectivity index (χ1) is 11.6. The fourth-order valence-electron chi connectivity index (χ4n) is 2.95. The van der Waals surface area contributed by atoms with Crippen LogP contribution < -0.4 is 10.1 Å². The monoisotopic (exact) mass is 338 g/mol. The fourth-order valence-corrected chi connectivity index (χ4v) is 3.11. The molecule has 0 saturated carbocycles. The van der Waals surface area contributed by atoms with Crippen LogP contribution in [0.3, 0.4) is 0 Å². The largest absolute Gasteiger partial charge is 0.491 e. The number of fused-ring (bicyclic) bond motifs is 2. The molecule has 0 spiro atoms. The molecule has 1 aromatic heterocycles. The summed E-state index contributed by atoms with van der Waals surface area (Å²) >= 11 is 6.21. The molecule has 4 nitrogen and oxygen atoms in total. The molecule has 1 amide bonds. The van der Waals surface area contributed by atoms with E-state index >= 15 is 0 Å². The highest BCUT2D eigenvalue weighted by Crippen LogP contribution is 2.33. The molecule has 3 aromatic rings. The fraction of sp³-hybridized carbons (Fsp3) is 0.158. The SMILES string of the molecule is Cc1cc2c(-c3ccc4c(c3)C(=O)NCCO4)ccnc2cc1Cl. The number of amides is 1. The molecule has 0 aliphatic carbocycles. The van der Waals surface area contributed by atoms with E-state index in [1.165, 1.54) is 0 Å². The maximum absolute atomic E-state index is 12.2. The smallest absolute Gasteiger partial charge is 0.255 e. The van der Waals surface area contributed by atoms with Crippen LogP contribution in [0.25, 0.3) is 22.0 Å². The van der Waals surface area contributed by atoms with E-state index in [4.69, 9.17) is 16.3 Å². The molecule has 24 heavy (non-hydrogen) atoms. The van der Waals surface area contributed by atoms with Crippen molar-refractivity contribution in [3.63, 3.8) is 0 Å². The number of carbonyl (C=O) groups is 1. The highest BCUT2D eigenvalue weighted by Gasteiger charge is 2.18. The van der Waals surface area contributed by atoms with Crippen LogP contribution in [0.5, 0.6) is 5.75 Å². The highest BCUT2D eigenvalue weighted by atomic mass is 35.5. The summed E-state index contributed by atoms with van der Waals surface area (Å²) in [5, 5.41) is 4.54. The molecule has 2 aromatic carbocycles. The van der Waals surface area contributed by atoms with E-state index in [9.17, 15) is 4.79 Å². The number of carbonyl (C=O) groups excluding carboxylic acids is 1. The third-order valence-corrected chi connectivity index (χ3v) is 4.61. The van der Waals surface area contributed by atoms with E-state index in [1.807, 2.05) is 43.3 Å². The van der Waals surface area contributed by atoms with Gasteiger partial charge in [0.1, 0.15) is 12.4 Å². The van der Waals surface area contributed by atoms with Crippen molar-refractivity contribution in [1.29, 1.82) is 0 Å². The van der Waals surface area contributed by atoms with Crippen LogP contribution in [-0.4, -0.2) is 24.0 Å². The van der Waals surface area contributed by atoms with Gasteiger partial charge in [0.15, 0.2) is 0 Å². The average Bonchev–Trinajstić information content (AvgIpc) is 2.77. The second-order valence-corrected chi connectivity index (χ2v) is 6.20. The molecule has 1 aliphatic rings. The van der Waals surface area contributed by atoms with Gasteiger partial charge in [-0.3, -0.25) is 9.78 Å². The third-order valence-electron chi connectivity index (χ3n) is 4.20. The molecule has 0 bridgehead atoms. The molecule has 0 atom stereocenters. The lowest BCUT2D eigenvalue weighted by Gasteiger charge is -2.11. The zero-order valence-electron chi connectivity index (χ0n) is 13.1. The summed E-state index contributed by atoms with van der Waals surface area (Å²) in [5.74, 6) is 0.508. The van der Waals surface area contributed by atoms with E-state index < -0.39 is 0 Å². The van der Waals surface area contributed by atoms with Gasteiger partial charge in [-0.15, -0.1) is 0 Å². The lowest BCUT2D eigenvalue weighted by molar-refractivity contribution is 0.0957. The van der Waals surface area contributed by atoms with Gasteiger partial charge in [0.2, 0.25) is 0 Å². The van der Waals surface area contributed by atoms with Gasteiger partial charge in [-0.25, -0.2) is 0 Å². The molecule has 0 unspecified atom stereocenters. The maximum atomic E-state index is 12.2. The number of pyridine rings is 1. The van der Waals surface area contributed by atoms with Crippen LogP contribution in [0.1, 0.15) is 15.9 Å². The first-order valence-corrected chi connectivity index (χ1v) is 8.11. The molecule has 1 N–H and O–H groups in total. The second-order valence-electron chi connectivity index (χ2n) is 5.79. The Morgan fingerprint density at radius 1 is 1.17 bits per heavy atom. The van der Waals surface area contributed by atoms with Crippen molar-refractivity contribution >= 4 is 28.4 Å². The van der Waals surface area contributed by atoms with Crippen molar-refractivity contribution < 1.29 is 9.53 Å². The first kappa shape index (κ1) is 15.0. The molecule has 0 radical (unpaired) electrons. The molecule has 4 rings (SSSR count).